The van der Waals surface area contributed by atoms with Crippen LogP contribution >= 0.6 is 24.0 Å². The number of aryl methyl sites for hydroxylation is 1. The summed E-state index contributed by atoms with van der Waals surface area (Å²) in [6.45, 7) is 2.68. The molecule has 0 aromatic heterocycles. The Kier molecular flexibility index (Phi) is 5.65. The van der Waals surface area contributed by atoms with Gasteiger partial charge in [0, 0.05) is 19.1 Å². The Balaban J connectivity index is 0.00000180. The van der Waals surface area contributed by atoms with Crippen molar-refractivity contribution >= 4 is 34.0 Å². The quantitative estimate of drug-likeness (QED) is 0.906. The number of halogens is 2. The van der Waals surface area contributed by atoms with Crippen molar-refractivity contribution in [2.24, 2.45) is 5.73 Å². The van der Waals surface area contributed by atoms with Gasteiger partial charge < -0.3 is 5.73 Å². The number of hydrogen-bond acceptors (Lipinski definition) is 3. The van der Waals surface area contributed by atoms with Crippen LogP contribution in [0.1, 0.15) is 18.4 Å². The van der Waals surface area contributed by atoms with Gasteiger partial charge in [0.15, 0.2) is 0 Å². The standard InChI is InChI=1S/C12H17ClN2O2S.ClH/c1-9-4-2-6-11(12(9)13)18(16,17)15-7-3-5-10(14)8-15;/h2,4,6,10H,3,5,7-8,14H2,1H3;1H. The van der Waals surface area contributed by atoms with E-state index in [1.165, 1.54) is 4.31 Å². The summed E-state index contributed by atoms with van der Waals surface area (Å²) in [5.74, 6) is 0. The van der Waals surface area contributed by atoms with E-state index in [-0.39, 0.29) is 23.3 Å². The van der Waals surface area contributed by atoms with Crippen LogP contribution in [0, 0.1) is 6.92 Å². The highest BCUT2D eigenvalue weighted by molar-refractivity contribution is 7.89. The molecule has 1 aliphatic rings. The molecule has 19 heavy (non-hydrogen) atoms. The van der Waals surface area contributed by atoms with Crippen LogP contribution in [-0.4, -0.2) is 31.9 Å². The second-order valence-electron chi connectivity index (χ2n) is 4.65. The number of nitrogens with two attached hydrogens (primary N) is 1. The first-order chi connectivity index (χ1) is 8.43. The second kappa shape index (κ2) is 6.41. The molecule has 0 aliphatic carbocycles. The minimum atomic E-state index is -3.53. The van der Waals surface area contributed by atoms with Crippen molar-refractivity contribution in [3.8, 4) is 0 Å². The largest absolute Gasteiger partial charge is 0.327 e. The lowest BCUT2D eigenvalue weighted by molar-refractivity contribution is 0.316. The number of nitrogens with zero attached hydrogens (tertiary/aromatic N) is 1. The average molecular weight is 325 g/mol. The van der Waals surface area contributed by atoms with Crippen LogP contribution in [0.15, 0.2) is 23.1 Å². The summed E-state index contributed by atoms with van der Waals surface area (Å²) in [5, 5.41) is 0.302. The maximum absolute atomic E-state index is 12.5. The van der Waals surface area contributed by atoms with Crippen molar-refractivity contribution in [1.29, 1.82) is 0 Å². The highest BCUT2D eigenvalue weighted by atomic mass is 35.5. The highest BCUT2D eigenvalue weighted by Gasteiger charge is 2.30. The Hall–Kier alpha value is -0.330. The molecule has 4 nitrogen and oxygen atoms in total. The number of rotatable bonds is 2. The van der Waals surface area contributed by atoms with Crippen LogP contribution in [0.4, 0.5) is 0 Å². The molecular weight excluding hydrogens is 307 g/mol. The van der Waals surface area contributed by atoms with Gasteiger partial charge in [-0.1, -0.05) is 23.7 Å². The summed E-state index contributed by atoms with van der Waals surface area (Å²) in [7, 11) is -3.53. The van der Waals surface area contributed by atoms with Gasteiger partial charge in [0.2, 0.25) is 10.0 Å². The normalized spacial score (nSPS) is 20.9. The van der Waals surface area contributed by atoms with Crippen molar-refractivity contribution in [3.63, 3.8) is 0 Å². The first-order valence-corrected chi connectivity index (χ1v) is 7.75. The van der Waals surface area contributed by atoms with Crippen LogP contribution in [0.25, 0.3) is 0 Å². The fraction of sp³-hybridized carbons (Fsp3) is 0.500. The minimum Gasteiger partial charge on any atom is -0.327 e. The third-order valence-corrected chi connectivity index (χ3v) is 5.72. The van der Waals surface area contributed by atoms with E-state index in [4.69, 9.17) is 17.3 Å². The Morgan fingerprint density at radius 3 is 2.74 bits per heavy atom. The van der Waals surface area contributed by atoms with Crippen LogP contribution in [0.2, 0.25) is 5.02 Å². The SMILES string of the molecule is Cc1cccc(S(=O)(=O)N2CCCC(N)C2)c1Cl.Cl. The average Bonchev–Trinajstić information content (AvgIpc) is 2.32. The van der Waals surface area contributed by atoms with Crippen molar-refractivity contribution < 1.29 is 8.42 Å². The maximum Gasteiger partial charge on any atom is 0.244 e. The molecule has 1 atom stereocenters. The summed E-state index contributed by atoms with van der Waals surface area (Å²) >= 11 is 6.10. The van der Waals surface area contributed by atoms with Gasteiger partial charge in [-0.3, -0.25) is 0 Å². The van der Waals surface area contributed by atoms with E-state index in [1.807, 2.05) is 0 Å². The van der Waals surface area contributed by atoms with Crippen molar-refractivity contribution in [3.05, 3.63) is 28.8 Å². The molecule has 1 aromatic carbocycles. The molecule has 0 amide bonds. The molecule has 1 unspecified atom stereocenters. The topological polar surface area (TPSA) is 63.4 Å². The summed E-state index contributed by atoms with van der Waals surface area (Å²) in [4.78, 5) is 0.179. The molecule has 1 aliphatic heterocycles. The maximum atomic E-state index is 12.5. The zero-order valence-corrected chi connectivity index (χ0v) is 13.1. The Labute approximate surface area is 125 Å². The lowest BCUT2D eigenvalue weighted by Crippen LogP contribution is -2.45. The zero-order chi connectivity index (χ0) is 13.3. The molecule has 1 heterocycles. The van der Waals surface area contributed by atoms with E-state index in [0.717, 1.165) is 18.4 Å². The number of hydrogen-bond donors (Lipinski definition) is 1. The van der Waals surface area contributed by atoms with E-state index in [0.29, 0.717) is 18.1 Å². The molecule has 1 saturated heterocycles. The van der Waals surface area contributed by atoms with E-state index >= 15 is 0 Å². The smallest absolute Gasteiger partial charge is 0.244 e. The van der Waals surface area contributed by atoms with Crippen LogP contribution in [-0.2, 0) is 10.0 Å². The Morgan fingerprint density at radius 1 is 1.42 bits per heavy atom. The predicted molar refractivity (Wildman–Crippen MR) is 79.4 cm³/mol. The zero-order valence-electron chi connectivity index (χ0n) is 10.7. The van der Waals surface area contributed by atoms with Gasteiger partial charge in [-0.2, -0.15) is 4.31 Å². The van der Waals surface area contributed by atoms with E-state index in [1.54, 1.807) is 25.1 Å². The van der Waals surface area contributed by atoms with Crippen molar-refractivity contribution in [2.75, 3.05) is 13.1 Å². The van der Waals surface area contributed by atoms with E-state index < -0.39 is 10.0 Å². The van der Waals surface area contributed by atoms with Gasteiger partial charge in [-0.05, 0) is 31.4 Å². The molecule has 2 rings (SSSR count). The fourth-order valence-electron chi connectivity index (χ4n) is 2.15. The number of benzene rings is 1. The molecule has 0 bridgehead atoms. The Morgan fingerprint density at radius 2 is 2.11 bits per heavy atom. The summed E-state index contributed by atoms with van der Waals surface area (Å²) < 4.78 is 26.4. The van der Waals surface area contributed by atoms with Gasteiger partial charge in [-0.25, -0.2) is 8.42 Å². The van der Waals surface area contributed by atoms with Gasteiger partial charge in [-0.15, -0.1) is 12.4 Å². The van der Waals surface area contributed by atoms with Gasteiger partial charge in [0.25, 0.3) is 0 Å². The monoisotopic (exact) mass is 324 g/mol. The van der Waals surface area contributed by atoms with Crippen molar-refractivity contribution in [1.82, 2.24) is 4.31 Å². The van der Waals surface area contributed by atoms with Crippen LogP contribution < -0.4 is 5.73 Å². The number of piperidine rings is 1. The molecule has 108 valence electrons. The van der Waals surface area contributed by atoms with Crippen LogP contribution in [0.3, 0.4) is 0 Å². The van der Waals surface area contributed by atoms with Gasteiger partial charge >= 0.3 is 0 Å². The number of sulfonamides is 1. The lowest BCUT2D eigenvalue weighted by atomic mass is 10.1. The molecule has 7 heteroatoms. The predicted octanol–water partition coefficient (Wildman–Crippen LogP) is 2.18. The lowest BCUT2D eigenvalue weighted by Gasteiger charge is -2.30. The summed E-state index contributed by atoms with van der Waals surface area (Å²) in [6, 6.07) is 4.96. The molecule has 0 radical (unpaired) electrons. The molecule has 2 N–H and O–H groups in total. The summed E-state index contributed by atoms with van der Waals surface area (Å²) in [6.07, 6.45) is 1.66. The molecule has 1 fully saturated rings. The summed E-state index contributed by atoms with van der Waals surface area (Å²) in [5.41, 5.74) is 6.59. The first-order valence-electron chi connectivity index (χ1n) is 5.94. The third-order valence-electron chi connectivity index (χ3n) is 3.19. The molecular formula is C12H18Cl2N2O2S. The third kappa shape index (κ3) is 3.41. The fourth-order valence-corrected chi connectivity index (χ4v) is 4.24. The van der Waals surface area contributed by atoms with Crippen molar-refractivity contribution in [2.45, 2.75) is 30.7 Å². The van der Waals surface area contributed by atoms with E-state index in [2.05, 4.69) is 0 Å². The second-order valence-corrected chi connectivity index (χ2v) is 6.94. The van der Waals surface area contributed by atoms with Gasteiger partial charge in [0.1, 0.15) is 4.90 Å². The molecule has 0 saturated carbocycles. The minimum absolute atomic E-state index is 0. The van der Waals surface area contributed by atoms with Crippen LogP contribution in [0.5, 0.6) is 0 Å². The highest BCUT2D eigenvalue weighted by Crippen LogP contribution is 2.28. The Bertz CT molecular complexity index is 549. The first kappa shape index (κ1) is 16.7. The van der Waals surface area contributed by atoms with Gasteiger partial charge in [0.05, 0.1) is 5.02 Å². The molecule has 1 aromatic rings. The van der Waals surface area contributed by atoms with E-state index in [9.17, 15) is 8.42 Å². The molecule has 0 spiro atoms.